The Kier molecular flexibility index (Phi) is 4.48. The van der Waals surface area contributed by atoms with Gasteiger partial charge in [0.25, 0.3) is 5.91 Å². The Morgan fingerprint density at radius 2 is 2.35 bits per heavy atom. The topological polar surface area (TPSA) is 111 Å². The number of carbonyl (C=O) groups is 2. The largest absolute Gasteiger partial charge is 0.467 e. The lowest BCUT2D eigenvalue weighted by molar-refractivity contribution is -0.128. The molecule has 4 heterocycles. The summed E-state index contributed by atoms with van der Waals surface area (Å²) >= 11 is 1.55. The highest BCUT2D eigenvalue weighted by molar-refractivity contribution is 7.10. The highest BCUT2D eigenvalue weighted by atomic mass is 32.1. The van der Waals surface area contributed by atoms with Crippen molar-refractivity contribution in [2.75, 3.05) is 6.61 Å². The van der Waals surface area contributed by atoms with E-state index < -0.39 is 0 Å². The second-order valence-electron chi connectivity index (χ2n) is 5.87. The van der Waals surface area contributed by atoms with Crippen molar-refractivity contribution in [3.63, 3.8) is 0 Å². The summed E-state index contributed by atoms with van der Waals surface area (Å²) in [6, 6.07) is 6.83. The molecular weight excluding hydrogens is 356 g/mol. The Hall–Kier alpha value is -3.01. The van der Waals surface area contributed by atoms with E-state index in [1.807, 2.05) is 17.5 Å². The Bertz CT molecular complexity index is 925. The maximum Gasteiger partial charge on any atom is 0.258 e. The zero-order valence-electron chi connectivity index (χ0n) is 13.7. The van der Waals surface area contributed by atoms with Gasteiger partial charge in [-0.1, -0.05) is 6.07 Å². The minimum absolute atomic E-state index is 0.00315. The number of nitrogens with zero attached hydrogens (tertiary/aromatic N) is 4. The first-order valence-electron chi connectivity index (χ1n) is 8.11. The van der Waals surface area contributed by atoms with E-state index in [2.05, 4.69) is 25.9 Å². The van der Waals surface area contributed by atoms with Gasteiger partial charge in [-0.25, -0.2) is 0 Å². The molecule has 0 aliphatic carbocycles. The molecule has 2 N–H and O–H groups in total. The fourth-order valence-electron chi connectivity index (χ4n) is 2.87. The first-order chi connectivity index (χ1) is 12.7. The van der Waals surface area contributed by atoms with Crippen LogP contribution in [0.25, 0.3) is 5.65 Å². The minimum Gasteiger partial charge on any atom is -0.467 e. The van der Waals surface area contributed by atoms with Gasteiger partial charge in [0.15, 0.2) is 12.3 Å². The Labute approximate surface area is 152 Å². The lowest BCUT2D eigenvalue weighted by Crippen LogP contribution is -2.50. The highest BCUT2D eigenvalue weighted by Crippen LogP contribution is 2.27. The molecule has 1 aliphatic rings. The van der Waals surface area contributed by atoms with Gasteiger partial charge in [0.1, 0.15) is 6.33 Å². The van der Waals surface area contributed by atoms with Crippen LogP contribution in [-0.2, 0) is 9.59 Å². The van der Waals surface area contributed by atoms with Crippen LogP contribution in [0.15, 0.2) is 36.0 Å². The Morgan fingerprint density at radius 3 is 3.19 bits per heavy atom. The number of nitrogens with one attached hydrogen (secondary N) is 2. The standard InChI is InChI=1S/C16H16N6O3S/c23-13-5-3-10(16(19-13)11-2-1-7-26-11)18-14(24)8-25-15-6-4-12-20-17-9-22(12)21-15/h1-2,4,6-7,9-10,16H,3,5,8H2,(H,18,24)(H,19,23)/t10-,16-/m1/s1. The molecule has 1 fully saturated rings. The predicted molar refractivity (Wildman–Crippen MR) is 92.6 cm³/mol. The summed E-state index contributed by atoms with van der Waals surface area (Å²) in [5, 5.41) is 19.6. The molecule has 0 aromatic carbocycles. The summed E-state index contributed by atoms with van der Waals surface area (Å²) < 4.78 is 6.92. The van der Waals surface area contributed by atoms with E-state index in [4.69, 9.17) is 4.74 Å². The second kappa shape index (κ2) is 7.08. The molecule has 26 heavy (non-hydrogen) atoms. The number of piperidine rings is 1. The fourth-order valence-corrected chi connectivity index (χ4v) is 3.71. The molecule has 10 heteroatoms. The van der Waals surface area contributed by atoms with Crippen molar-refractivity contribution >= 4 is 28.8 Å². The molecule has 0 unspecified atom stereocenters. The third-order valence-corrected chi connectivity index (χ3v) is 5.04. The number of ether oxygens (including phenoxy) is 1. The molecule has 0 saturated carbocycles. The number of hydrogen-bond donors (Lipinski definition) is 2. The average molecular weight is 372 g/mol. The number of carbonyl (C=O) groups excluding carboxylic acids is 2. The normalized spacial score (nSPS) is 19.9. The van der Waals surface area contributed by atoms with Gasteiger partial charge in [-0.2, -0.15) is 4.52 Å². The van der Waals surface area contributed by atoms with E-state index in [0.29, 0.717) is 24.4 Å². The van der Waals surface area contributed by atoms with Crippen molar-refractivity contribution in [1.82, 2.24) is 30.4 Å². The molecule has 134 valence electrons. The van der Waals surface area contributed by atoms with Crippen LogP contribution in [-0.4, -0.2) is 44.3 Å². The van der Waals surface area contributed by atoms with Crippen molar-refractivity contribution in [3.05, 3.63) is 40.8 Å². The van der Waals surface area contributed by atoms with Crippen LogP contribution < -0.4 is 15.4 Å². The molecule has 9 nitrogen and oxygen atoms in total. The zero-order valence-corrected chi connectivity index (χ0v) is 14.5. The van der Waals surface area contributed by atoms with Crippen LogP contribution in [0, 0.1) is 0 Å². The van der Waals surface area contributed by atoms with E-state index in [1.54, 1.807) is 23.5 Å². The van der Waals surface area contributed by atoms with Gasteiger partial charge in [0.05, 0.1) is 12.1 Å². The van der Waals surface area contributed by atoms with Gasteiger partial charge in [0, 0.05) is 17.4 Å². The summed E-state index contributed by atoms with van der Waals surface area (Å²) in [5.41, 5.74) is 0.596. The van der Waals surface area contributed by atoms with Crippen LogP contribution in [0.4, 0.5) is 0 Å². The molecule has 1 saturated heterocycles. The maximum absolute atomic E-state index is 12.3. The summed E-state index contributed by atoms with van der Waals surface area (Å²) in [6.07, 6.45) is 2.43. The molecule has 0 spiro atoms. The molecule has 1 aliphatic heterocycles. The van der Waals surface area contributed by atoms with Gasteiger partial charge in [-0.3, -0.25) is 9.59 Å². The second-order valence-corrected chi connectivity index (χ2v) is 6.85. The lowest BCUT2D eigenvalue weighted by Gasteiger charge is -2.32. The lowest BCUT2D eigenvalue weighted by atomic mass is 9.96. The predicted octanol–water partition coefficient (Wildman–Crippen LogP) is 0.701. The SMILES string of the molecule is O=C(COc1ccc2nncn2n1)N[C@@H]1CCC(=O)N[C@H]1c1cccs1. The summed E-state index contributed by atoms with van der Waals surface area (Å²) in [4.78, 5) is 25.0. The minimum atomic E-state index is -0.265. The molecular formula is C16H16N6O3S. The van der Waals surface area contributed by atoms with Gasteiger partial charge in [-0.05, 0) is 23.9 Å². The zero-order chi connectivity index (χ0) is 17.9. The van der Waals surface area contributed by atoms with Crippen LogP contribution in [0.3, 0.4) is 0 Å². The highest BCUT2D eigenvalue weighted by Gasteiger charge is 2.31. The maximum atomic E-state index is 12.3. The number of aromatic nitrogens is 4. The van der Waals surface area contributed by atoms with E-state index in [-0.39, 0.29) is 30.5 Å². The monoisotopic (exact) mass is 372 g/mol. The summed E-state index contributed by atoms with van der Waals surface area (Å²) in [5.74, 6) is 0.0363. The third kappa shape index (κ3) is 3.49. The van der Waals surface area contributed by atoms with Gasteiger partial charge in [-0.15, -0.1) is 26.6 Å². The van der Waals surface area contributed by atoms with Gasteiger partial charge in [0.2, 0.25) is 11.8 Å². The summed E-state index contributed by atoms with van der Waals surface area (Å²) in [6.45, 7) is -0.164. The van der Waals surface area contributed by atoms with Crippen molar-refractivity contribution in [2.24, 2.45) is 0 Å². The fraction of sp³-hybridized carbons (Fsp3) is 0.312. The Morgan fingerprint density at radius 1 is 1.42 bits per heavy atom. The molecule has 0 radical (unpaired) electrons. The van der Waals surface area contributed by atoms with Crippen molar-refractivity contribution < 1.29 is 14.3 Å². The van der Waals surface area contributed by atoms with Crippen LogP contribution >= 0.6 is 11.3 Å². The number of fused-ring (bicyclic) bond motifs is 1. The van der Waals surface area contributed by atoms with Crippen LogP contribution in [0.5, 0.6) is 5.88 Å². The van der Waals surface area contributed by atoms with Gasteiger partial charge >= 0.3 is 0 Å². The van der Waals surface area contributed by atoms with Crippen molar-refractivity contribution in [3.8, 4) is 5.88 Å². The molecule has 2 amide bonds. The number of rotatable bonds is 5. The van der Waals surface area contributed by atoms with Gasteiger partial charge < -0.3 is 15.4 Å². The number of amides is 2. The molecule has 2 atom stereocenters. The first kappa shape index (κ1) is 16.5. The quantitative estimate of drug-likeness (QED) is 0.682. The first-order valence-corrected chi connectivity index (χ1v) is 8.99. The Balaban J connectivity index is 1.37. The van der Waals surface area contributed by atoms with E-state index in [9.17, 15) is 9.59 Å². The average Bonchev–Trinajstić information content (AvgIpc) is 3.32. The molecule has 3 aromatic rings. The van der Waals surface area contributed by atoms with E-state index in [1.165, 1.54) is 10.8 Å². The van der Waals surface area contributed by atoms with E-state index in [0.717, 1.165) is 4.88 Å². The third-order valence-electron chi connectivity index (χ3n) is 4.09. The molecule has 3 aromatic heterocycles. The smallest absolute Gasteiger partial charge is 0.258 e. The van der Waals surface area contributed by atoms with Crippen molar-refractivity contribution in [2.45, 2.75) is 24.9 Å². The molecule has 4 rings (SSSR count). The number of hydrogen-bond acceptors (Lipinski definition) is 7. The number of thiophene rings is 1. The van der Waals surface area contributed by atoms with E-state index >= 15 is 0 Å². The van der Waals surface area contributed by atoms with Crippen molar-refractivity contribution in [1.29, 1.82) is 0 Å². The van der Waals surface area contributed by atoms with Crippen LogP contribution in [0.2, 0.25) is 0 Å². The summed E-state index contributed by atoms with van der Waals surface area (Å²) in [7, 11) is 0. The van der Waals surface area contributed by atoms with Crippen LogP contribution in [0.1, 0.15) is 23.8 Å². The molecule has 0 bridgehead atoms.